The molecule has 1 saturated carbocycles. The van der Waals surface area contributed by atoms with E-state index in [4.69, 9.17) is 18.9 Å². The second-order valence-corrected chi connectivity index (χ2v) is 9.95. The first-order valence-electron chi connectivity index (χ1n) is 12.4. The number of cyclic esters (lactones) is 1. The first kappa shape index (κ1) is 24.4. The number of carbonyl (C=O) groups is 1. The van der Waals surface area contributed by atoms with Crippen molar-refractivity contribution in [2.75, 3.05) is 7.11 Å². The number of methoxy groups -OCH3 is 1. The third kappa shape index (κ3) is 5.33. The van der Waals surface area contributed by atoms with E-state index in [-0.39, 0.29) is 23.3 Å². The van der Waals surface area contributed by atoms with Crippen LogP contribution < -0.4 is 9.47 Å². The Kier molecular flexibility index (Phi) is 7.67. The van der Waals surface area contributed by atoms with Crippen molar-refractivity contribution < 1.29 is 28.8 Å². The lowest BCUT2D eigenvalue weighted by Gasteiger charge is -2.27. The van der Waals surface area contributed by atoms with Crippen LogP contribution in [0.3, 0.4) is 0 Å². The summed E-state index contributed by atoms with van der Waals surface area (Å²) in [6.07, 6.45) is 10.9. The average Bonchev–Trinajstić information content (AvgIpc) is 3.05. The first-order valence-corrected chi connectivity index (χ1v) is 12.4. The van der Waals surface area contributed by atoms with Gasteiger partial charge in [-0.05, 0) is 63.2 Å². The molecule has 0 amide bonds. The first-order chi connectivity index (χ1) is 16.4. The van der Waals surface area contributed by atoms with Gasteiger partial charge in [0.05, 0.1) is 19.3 Å². The van der Waals surface area contributed by atoms with E-state index in [9.17, 15) is 9.90 Å². The van der Waals surface area contributed by atoms with E-state index in [2.05, 4.69) is 0 Å². The molecule has 1 aromatic rings. The monoisotopic (exact) mass is 468 g/mol. The van der Waals surface area contributed by atoms with Crippen LogP contribution in [-0.2, 0) is 9.47 Å². The topological polar surface area (TPSA) is 74.2 Å². The van der Waals surface area contributed by atoms with Crippen molar-refractivity contribution in [3.8, 4) is 11.5 Å². The van der Waals surface area contributed by atoms with Gasteiger partial charge in [-0.2, -0.15) is 0 Å². The predicted molar refractivity (Wildman–Crippen MR) is 130 cm³/mol. The van der Waals surface area contributed by atoms with Gasteiger partial charge in [-0.3, -0.25) is 0 Å². The number of fused-ring (bicyclic) bond motifs is 2. The Morgan fingerprint density at radius 3 is 2.56 bits per heavy atom. The van der Waals surface area contributed by atoms with Crippen molar-refractivity contribution in [1.29, 1.82) is 0 Å². The molecule has 0 saturated heterocycles. The summed E-state index contributed by atoms with van der Waals surface area (Å²) in [7, 11) is 1.49. The zero-order valence-electron chi connectivity index (χ0n) is 20.7. The number of allylic oxidation sites excluding steroid dienone is 3. The SMILES string of the molecule is COc1c(C(O)CC(C)C)ccc2c1C(=O)O/C=C1/CC(C)=CC(OC3CCCCCC3)=C1O2. The number of benzene rings is 1. The predicted octanol–water partition coefficient (Wildman–Crippen LogP) is 6.51. The maximum Gasteiger partial charge on any atom is 0.350 e. The van der Waals surface area contributed by atoms with E-state index in [1.54, 1.807) is 12.1 Å². The lowest BCUT2D eigenvalue weighted by Crippen LogP contribution is -2.20. The highest BCUT2D eigenvalue weighted by atomic mass is 16.5. The maximum absolute atomic E-state index is 13.1. The quantitative estimate of drug-likeness (QED) is 0.379. The molecule has 0 radical (unpaired) electrons. The van der Waals surface area contributed by atoms with E-state index >= 15 is 0 Å². The standard InChI is InChI=1S/C28H36O6/c1-17(2)13-22(29)21-11-12-23-25(27(21)31-4)28(30)32-16-19-14-18(3)15-24(26(19)34-23)33-20-9-7-5-6-8-10-20/h11-12,15-17,20,22,29H,5-10,13-14H2,1-4H3/b19-16-. The molecule has 0 bridgehead atoms. The Hall–Kier alpha value is -2.73. The molecule has 34 heavy (non-hydrogen) atoms. The summed E-state index contributed by atoms with van der Waals surface area (Å²) < 4.78 is 24.1. The normalized spacial score (nSPS) is 21.5. The zero-order chi connectivity index (χ0) is 24.2. The fraction of sp³-hybridized carbons (Fsp3) is 0.536. The minimum absolute atomic E-state index is 0.146. The third-order valence-electron chi connectivity index (χ3n) is 6.59. The van der Waals surface area contributed by atoms with Crippen LogP contribution in [0.25, 0.3) is 0 Å². The van der Waals surface area contributed by atoms with Crippen LogP contribution >= 0.6 is 0 Å². The molecule has 4 rings (SSSR count). The lowest BCUT2D eigenvalue weighted by atomic mass is 9.95. The molecule has 2 aliphatic carbocycles. The Balaban J connectivity index is 1.75. The van der Waals surface area contributed by atoms with E-state index in [0.29, 0.717) is 35.7 Å². The van der Waals surface area contributed by atoms with E-state index < -0.39 is 12.1 Å². The number of hydrogen-bond donors (Lipinski definition) is 1. The number of hydrogen-bond acceptors (Lipinski definition) is 6. The van der Waals surface area contributed by atoms with Crippen molar-refractivity contribution >= 4 is 5.97 Å². The highest BCUT2D eigenvalue weighted by molar-refractivity contribution is 5.97. The Bertz CT molecular complexity index is 1010. The van der Waals surface area contributed by atoms with Gasteiger partial charge in [0.2, 0.25) is 0 Å². The van der Waals surface area contributed by atoms with Crippen LogP contribution in [0.15, 0.2) is 47.1 Å². The summed E-state index contributed by atoms with van der Waals surface area (Å²) in [5.74, 6) is 1.56. The highest BCUT2D eigenvalue weighted by Crippen LogP contribution is 2.42. The number of rotatable bonds is 6. The number of carbonyl (C=O) groups excluding carboxylic acids is 1. The van der Waals surface area contributed by atoms with Gasteiger partial charge in [-0.15, -0.1) is 0 Å². The van der Waals surface area contributed by atoms with E-state index in [1.807, 2.05) is 26.8 Å². The van der Waals surface area contributed by atoms with Gasteiger partial charge in [0.25, 0.3) is 0 Å². The Morgan fingerprint density at radius 2 is 1.88 bits per heavy atom. The van der Waals surface area contributed by atoms with Crippen LogP contribution in [0.2, 0.25) is 0 Å². The van der Waals surface area contributed by atoms with Gasteiger partial charge in [-0.25, -0.2) is 4.79 Å². The third-order valence-corrected chi connectivity index (χ3v) is 6.59. The van der Waals surface area contributed by atoms with E-state index in [1.165, 1.54) is 39.1 Å². The summed E-state index contributed by atoms with van der Waals surface area (Å²) in [4.78, 5) is 13.1. The van der Waals surface area contributed by atoms with Crippen molar-refractivity contribution in [2.45, 2.75) is 84.3 Å². The largest absolute Gasteiger partial charge is 0.495 e. The van der Waals surface area contributed by atoms with Gasteiger partial charge in [0.1, 0.15) is 23.3 Å². The molecule has 1 fully saturated rings. The average molecular weight is 469 g/mol. The van der Waals surface area contributed by atoms with Crippen molar-refractivity contribution in [1.82, 2.24) is 0 Å². The molecule has 1 aromatic carbocycles. The Morgan fingerprint density at radius 1 is 1.15 bits per heavy atom. The summed E-state index contributed by atoms with van der Waals surface area (Å²) in [5.41, 5.74) is 2.60. The summed E-state index contributed by atoms with van der Waals surface area (Å²) in [6, 6.07) is 3.47. The molecule has 0 aromatic heterocycles. The molecule has 184 valence electrons. The number of esters is 1. The summed E-state index contributed by atoms with van der Waals surface area (Å²) >= 11 is 0. The van der Waals surface area contributed by atoms with Crippen molar-refractivity contribution in [2.24, 2.45) is 5.92 Å². The molecule has 1 unspecified atom stereocenters. The van der Waals surface area contributed by atoms with Gasteiger partial charge in [0, 0.05) is 17.6 Å². The molecule has 1 aliphatic heterocycles. The molecule has 3 aliphatic rings. The van der Waals surface area contributed by atoms with Crippen LogP contribution in [0.4, 0.5) is 0 Å². The fourth-order valence-corrected chi connectivity index (χ4v) is 4.93. The molecule has 0 spiro atoms. The van der Waals surface area contributed by atoms with Crippen molar-refractivity contribution in [3.05, 3.63) is 58.3 Å². The maximum atomic E-state index is 13.1. The van der Waals surface area contributed by atoms with Crippen LogP contribution in [-0.4, -0.2) is 24.3 Å². The van der Waals surface area contributed by atoms with Gasteiger partial charge in [-0.1, -0.05) is 32.3 Å². The summed E-state index contributed by atoms with van der Waals surface area (Å²) in [6.45, 7) is 6.11. The molecule has 1 atom stereocenters. The Labute approximate surface area is 202 Å². The smallest absolute Gasteiger partial charge is 0.350 e. The second-order valence-electron chi connectivity index (χ2n) is 9.95. The van der Waals surface area contributed by atoms with Gasteiger partial charge in [0.15, 0.2) is 11.5 Å². The summed E-state index contributed by atoms with van der Waals surface area (Å²) in [5, 5.41) is 10.8. The molecule has 1 heterocycles. The molecule has 1 N–H and O–H groups in total. The second kappa shape index (κ2) is 10.7. The van der Waals surface area contributed by atoms with Crippen LogP contribution in [0, 0.1) is 5.92 Å². The number of aliphatic hydroxyl groups is 1. The minimum atomic E-state index is -0.766. The van der Waals surface area contributed by atoms with Crippen LogP contribution in [0.5, 0.6) is 11.5 Å². The zero-order valence-corrected chi connectivity index (χ0v) is 20.7. The van der Waals surface area contributed by atoms with E-state index in [0.717, 1.165) is 24.0 Å². The molecular formula is C28H36O6. The number of aliphatic hydroxyl groups excluding tert-OH is 1. The van der Waals surface area contributed by atoms with Crippen LogP contribution in [0.1, 0.15) is 94.2 Å². The highest BCUT2D eigenvalue weighted by Gasteiger charge is 2.32. The molecule has 6 nitrogen and oxygen atoms in total. The molecule has 6 heteroatoms. The number of ether oxygens (including phenoxy) is 4. The lowest BCUT2D eigenvalue weighted by molar-refractivity contribution is 0.0641. The van der Waals surface area contributed by atoms with Gasteiger partial charge < -0.3 is 24.1 Å². The fourth-order valence-electron chi connectivity index (χ4n) is 4.93. The van der Waals surface area contributed by atoms with Gasteiger partial charge >= 0.3 is 5.97 Å². The minimum Gasteiger partial charge on any atom is -0.495 e. The molecular weight excluding hydrogens is 432 g/mol. The van der Waals surface area contributed by atoms with Crippen molar-refractivity contribution in [3.63, 3.8) is 0 Å².